The molecule has 6 nitrogen and oxygen atoms in total. The van der Waals surface area contributed by atoms with Gasteiger partial charge in [0, 0.05) is 29.4 Å². The van der Waals surface area contributed by atoms with Gasteiger partial charge in [-0.1, -0.05) is 24.3 Å². The molecule has 3 aromatic rings. The first-order chi connectivity index (χ1) is 17.6. The monoisotopic (exact) mass is 482 g/mol. The number of rotatable bonds is 5. The van der Waals surface area contributed by atoms with Crippen LogP contribution < -0.4 is 10.6 Å². The number of H-pyrrole nitrogens is 2. The average molecular weight is 483 g/mol. The molecule has 6 aliphatic rings. The zero-order valence-electron chi connectivity index (χ0n) is 21.3. The van der Waals surface area contributed by atoms with Gasteiger partial charge in [0.1, 0.15) is 11.6 Å². The van der Waals surface area contributed by atoms with Crippen LogP contribution in [0.1, 0.15) is 106 Å². The molecule has 2 bridgehead atoms. The molecule has 2 aromatic heterocycles. The molecule has 2 aliphatic heterocycles. The molecule has 4 heterocycles. The third-order valence-electron chi connectivity index (χ3n) is 10.7. The van der Waals surface area contributed by atoms with Crippen molar-refractivity contribution in [1.82, 2.24) is 30.6 Å². The molecule has 0 spiro atoms. The molecular weight excluding hydrogens is 444 g/mol. The number of nitrogens with one attached hydrogen (secondary N) is 4. The van der Waals surface area contributed by atoms with Crippen LogP contribution in [0.2, 0.25) is 0 Å². The predicted molar refractivity (Wildman–Crippen MR) is 141 cm³/mol. The van der Waals surface area contributed by atoms with E-state index in [4.69, 9.17) is 9.97 Å². The van der Waals surface area contributed by atoms with Crippen LogP contribution in [-0.2, 0) is 10.8 Å². The third kappa shape index (κ3) is 3.37. The summed E-state index contributed by atoms with van der Waals surface area (Å²) in [4.78, 5) is 16.9. The minimum atomic E-state index is 0.312. The zero-order valence-corrected chi connectivity index (χ0v) is 21.3. The van der Waals surface area contributed by atoms with Crippen molar-refractivity contribution >= 4 is 0 Å². The molecule has 1 aromatic carbocycles. The maximum Gasteiger partial charge on any atom is 0.123 e. The van der Waals surface area contributed by atoms with Crippen LogP contribution in [-0.4, -0.2) is 32.0 Å². The molecular formula is C30H38N6. The fraction of sp³-hybridized carbons (Fsp3) is 0.600. The van der Waals surface area contributed by atoms with Crippen molar-refractivity contribution in [1.29, 1.82) is 0 Å². The summed E-state index contributed by atoms with van der Waals surface area (Å²) in [5.74, 6) is 3.17. The number of fused-ring (bicyclic) bond motifs is 4. The largest absolute Gasteiger partial charge is 0.344 e. The van der Waals surface area contributed by atoms with Gasteiger partial charge in [0.15, 0.2) is 0 Å². The van der Waals surface area contributed by atoms with Gasteiger partial charge in [-0.25, -0.2) is 9.97 Å². The highest BCUT2D eigenvalue weighted by Crippen LogP contribution is 2.58. The normalized spacial score (nSPS) is 39.0. The van der Waals surface area contributed by atoms with Crippen LogP contribution in [0.5, 0.6) is 0 Å². The van der Waals surface area contributed by atoms with Crippen LogP contribution in [0.3, 0.4) is 0 Å². The van der Waals surface area contributed by atoms with Crippen LogP contribution in [0.4, 0.5) is 0 Å². The summed E-state index contributed by atoms with van der Waals surface area (Å²) < 4.78 is 0. The van der Waals surface area contributed by atoms with Gasteiger partial charge >= 0.3 is 0 Å². The lowest BCUT2D eigenvalue weighted by molar-refractivity contribution is 0.0989. The molecule has 4 N–H and O–H groups in total. The summed E-state index contributed by atoms with van der Waals surface area (Å²) >= 11 is 0. The van der Waals surface area contributed by atoms with E-state index in [0.717, 1.165) is 29.9 Å². The number of benzene rings is 1. The van der Waals surface area contributed by atoms with Crippen molar-refractivity contribution < 1.29 is 0 Å². The van der Waals surface area contributed by atoms with Crippen molar-refractivity contribution in [2.24, 2.45) is 5.92 Å². The lowest BCUT2D eigenvalue weighted by Crippen LogP contribution is -2.46. The highest BCUT2D eigenvalue weighted by atomic mass is 15.1. The molecule has 3 unspecified atom stereocenters. The number of imidazole rings is 2. The van der Waals surface area contributed by atoms with E-state index in [1.54, 1.807) is 0 Å². The van der Waals surface area contributed by atoms with E-state index >= 15 is 0 Å². The van der Waals surface area contributed by atoms with Crippen molar-refractivity contribution in [2.75, 3.05) is 0 Å². The molecule has 6 heteroatoms. The van der Waals surface area contributed by atoms with E-state index in [2.05, 4.69) is 58.0 Å². The van der Waals surface area contributed by atoms with E-state index in [-0.39, 0.29) is 0 Å². The number of aromatic nitrogens is 4. The van der Waals surface area contributed by atoms with Crippen molar-refractivity contribution in [3.63, 3.8) is 0 Å². The van der Waals surface area contributed by atoms with Crippen molar-refractivity contribution in [3.05, 3.63) is 59.6 Å². The Hall–Kier alpha value is -2.44. The SMILES string of the molecule is CC1CC[C@@H](c2ncc(-c3ccc(C45CCC(c6cnc([C@@H]7CC8CC8N7)[nH]6)(CC4)CC5)cc3)[nH]2)N1. The number of nitrogens with zero attached hydrogens (tertiary/aromatic N) is 2. The summed E-state index contributed by atoms with van der Waals surface area (Å²) in [7, 11) is 0. The first-order valence-corrected chi connectivity index (χ1v) is 14.3. The molecule has 9 rings (SSSR count). The molecule has 0 amide bonds. The molecule has 0 radical (unpaired) electrons. The van der Waals surface area contributed by atoms with Gasteiger partial charge in [0.25, 0.3) is 0 Å². The minimum Gasteiger partial charge on any atom is -0.344 e. The summed E-state index contributed by atoms with van der Waals surface area (Å²) in [6.45, 7) is 2.25. The molecule has 5 atom stereocenters. The summed E-state index contributed by atoms with van der Waals surface area (Å²) in [5, 5.41) is 7.39. The standard InChI is InChI=1S/C30H38N6/c1-18-2-7-22(33-18)27-31-16-25(35-27)19-3-5-21(6-4-19)29-8-11-30(12-9-29,13-10-29)26-17-32-28(36-26)24-15-20-14-23(20)34-24/h3-6,16-18,20,22-24,33-34H,2,7-15H2,1H3,(H,31,35)(H,32,36)/t18?,20?,22-,23?,24-,29?,30?/m0/s1. The Morgan fingerprint density at radius 1 is 0.750 bits per heavy atom. The van der Waals surface area contributed by atoms with Gasteiger partial charge in [-0.15, -0.1) is 0 Å². The van der Waals surface area contributed by atoms with E-state index < -0.39 is 0 Å². The summed E-state index contributed by atoms with van der Waals surface area (Å²) in [6.07, 6.45) is 16.9. The minimum absolute atomic E-state index is 0.312. The molecule has 36 heavy (non-hydrogen) atoms. The fourth-order valence-corrected chi connectivity index (χ4v) is 8.14. The highest BCUT2D eigenvalue weighted by Gasteiger charge is 2.51. The van der Waals surface area contributed by atoms with Crippen LogP contribution in [0.25, 0.3) is 11.3 Å². The van der Waals surface area contributed by atoms with E-state index in [0.29, 0.717) is 29.0 Å². The average Bonchev–Trinajstić information content (AvgIpc) is 3.49. The Kier molecular flexibility index (Phi) is 4.67. The number of piperidine rings is 1. The lowest BCUT2D eigenvalue weighted by atomic mass is 9.51. The summed E-state index contributed by atoms with van der Waals surface area (Å²) in [5.41, 5.74) is 5.97. The molecule has 4 saturated carbocycles. The molecule has 2 saturated heterocycles. The van der Waals surface area contributed by atoms with Crippen molar-refractivity contribution in [2.45, 2.75) is 106 Å². The van der Waals surface area contributed by atoms with Crippen LogP contribution >= 0.6 is 0 Å². The first kappa shape index (κ1) is 21.6. The van der Waals surface area contributed by atoms with Crippen molar-refractivity contribution in [3.8, 4) is 11.3 Å². The smallest absolute Gasteiger partial charge is 0.123 e. The van der Waals surface area contributed by atoms with Gasteiger partial charge in [0.05, 0.1) is 24.0 Å². The Bertz CT molecular complexity index is 1240. The maximum atomic E-state index is 4.85. The van der Waals surface area contributed by atoms with E-state index in [9.17, 15) is 0 Å². The second kappa shape index (κ2) is 7.78. The van der Waals surface area contributed by atoms with E-state index in [1.807, 2.05) is 6.20 Å². The maximum absolute atomic E-state index is 4.85. The third-order valence-corrected chi connectivity index (χ3v) is 10.7. The molecule has 6 fully saturated rings. The summed E-state index contributed by atoms with van der Waals surface area (Å²) in [6, 6.07) is 11.6. The highest BCUT2D eigenvalue weighted by molar-refractivity contribution is 5.59. The zero-order chi connectivity index (χ0) is 23.9. The van der Waals surface area contributed by atoms with Gasteiger partial charge in [-0.3, -0.25) is 0 Å². The first-order valence-electron chi connectivity index (χ1n) is 14.3. The van der Waals surface area contributed by atoms with Gasteiger partial charge in [-0.05, 0) is 93.6 Å². The Morgan fingerprint density at radius 2 is 1.47 bits per heavy atom. The predicted octanol–water partition coefficient (Wildman–Crippen LogP) is 5.58. The van der Waals surface area contributed by atoms with Gasteiger partial charge in [-0.2, -0.15) is 0 Å². The van der Waals surface area contributed by atoms with Gasteiger partial charge in [0.2, 0.25) is 0 Å². The van der Waals surface area contributed by atoms with E-state index in [1.165, 1.54) is 80.4 Å². The fourth-order valence-electron chi connectivity index (χ4n) is 8.14. The Morgan fingerprint density at radius 3 is 2.17 bits per heavy atom. The number of hydrogen-bond acceptors (Lipinski definition) is 4. The lowest BCUT2D eigenvalue weighted by Gasteiger charge is -2.53. The van der Waals surface area contributed by atoms with Gasteiger partial charge < -0.3 is 20.6 Å². The molecule has 188 valence electrons. The topological polar surface area (TPSA) is 81.4 Å². The Labute approximate surface area is 213 Å². The Balaban J connectivity index is 0.964. The molecule has 4 aliphatic carbocycles. The number of hydrogen-bond donors (Lipinski definition) is 4. The second-order valence-electron chi connectivity index (χ2n) is 12.8. The second-order valence-corrected chi connectivity index (χ2v) is 12.8. The number of aromatic amines is 2. The van der Waals surface area contributed by atoms with Crippen LogP contribution in [0, 0.1) is 5.92 Å². The quantitative estimate of drug-likeness (QED) is 0.383. The van der Waals surface area contributed by atoms with Crippen LogP contribution in [0.15, 0.2) is 36.7 Å².